The number of hydrogen-bond donors (Lipinski definition) is 1. The van der Waals surface area contributed by atoms with Crippen molar-refractivity contribution in [2.75, 3.05) is 27.2 Å². The van der Waals surface area contributed by atoms with Gasteiger partial charge in [-0.25, -0.2) is 0 Å². The molecular formula is C15H22N2O2. The van der Waals surface area contributed by atoms with E-state index in [1.165, 1.54) is 18.4 Å². The maximum atomic E-state index is 11.9. The van der Waals surface area contributed by atoms with Gasteiger partial charge in [-0.1, -0.05) is 12.1 Å². The van der Waals surface area contributed by atoms with E-state index in [2.05, 4.69) is 11.4 Å². The third kappa shape index (κ3) is 4.56. The van der Waals surface area contributed by atoms with Gasteiger partial charge >= 0.3 is 0 Å². The van der Waals surface area contributed by atoms with Crippen LogP contribution in [0.1, 0.15) is 18.4 Å². The summed E-state index contributed by atoms with van der Waals surface area (Å²) in [6, 6.07) is 8.56. The van der Waals surface area contributed by atoms with Crippen LogP contribution < -0.4 is 10.1 Å². The zero-order chi connectivity index (χ0) is 13.7. The van der Waals surface area contributed by atoms with Crippen molar-refractivity contribution >= 4 is 5.91 Å². The number of nitrogens with zero attached hydrogens (tertiary/aromatic N) is 1. The minimum absolute atomic E-state index is 0.162. The maximum Gasteiger partial charge on any atom is 0.236 e. The minimum Gasteiger partial charge on any atom is -0.497 e. The van der Waals surface area contributed by atoms with Crippen molar-refractivity contribution in [1.82, 2.24) is 10.2 Å². The molecule has 0 unspecified atom stereocenters. The first kappa shape index (κ1) is 13.9. The Bertz CT molecular complexity index is 430. The number of amides is 1. The summed E-state index contributed by atoms with van der Waals surface area (Å²) in [6.45, 7) is 1.19. The number of nitrogens with one attached hydrogen (secondary N) is 1. The Balaban J connectivity index is 1.74. The molecule has 1 aromatic carbocycles. The zero-order valence-electron chi connectivity index (χ0n) is 11.7. The molecule has 1 aliphatic rings. The summed E-state index contributed by atoms with van der Waals surface area (Å²) in [6.07, 6.45) is 3.27. The van der Waals surface area contributed by atoms with Gasteiger partial charge in [-0.15, -0.1) is 0 Å². The number of likely N-dealkylation sites (N-methyl/N-ethyl adjacent to an activating group) is 1. The molecule has 1 aromatic rings. The average Bonchev–Trinajstić information content (AvgIpc) is 3.26. The van der Waals surface area contributed by atoms with Crippen LogP contribution in [0, 0.1) is 0 Å². The van der Waals surface area contributed by atoms with Crippen LogP contribution in [0.15, 0.2) is 24.3 Å². The van der Waals surface area contributed by atoms with Crippen LogP contribution in [-0.2, 0) is 11.2 Å². The predicted molar refractivity (Wildman–Crippen MR) is 75.4 cm³/mol. The van der Waals surface area contributed by atoms with E-state index in [9.17, 15) is 4.79 Å². The molecule has 4 heteroatoms. The molecule has 0 heterocycles. The summed E-state index contributed by atoms with van der Waals surface area (Å²) in [4.78, 5) is 13.6. The molecule has 0 bridgehead atoms. The normalized spacial score (nSPS) is 14.2. The lowest BCUT2D eigenvalue weighted by Crippen LogP contribution is -2.37. The molecule has 0 aromatic heterocycles. The molecular weight excluding hydrogens is 240 g/mol. The highest BCUT2D eigenvalue weighted by Gasteiger charge is 2.21. The lowest BCUT2D eigenvalue weighted by atomic mass is 10.1. The summed E-state index contributed by atoms with van der Waals surface area (Å²) in [5.41, 5.74) is 1.19. The Morgan fingerprint density at radius 3 is 2.95 bits per heavy atom. The molecule has 0 saturated heterocycles. The van der Waals surface area contributed by atoms with Crippen molar-refractivity contribution in [3.63, 3.8) is 0 Å². The Hall–Kier alpha value is -1.55. The number of carbonyl (C=O) groups is 1. The zero-order valence-corrected chi connectivity index (χ0v) is 11.7. The van der Waals surface area contributed by atoms with Crippen LogP contribution >= 0.6 is 0 Å². The molecule has 2 rings (SSSR count). The Labute approximate surface area is 114 Å². The van der Waals surface area contributed by atoms with E-state index in [1.807, 2.05) is 25.2 Å². The highest BCUT2D eigenvalue weighted by Crippen LogP contribution is 2.18. The lowest BCUT2D eigenvalue weighted by Gasteiger charge is -2.17. The van der Waals surface area contributed by atoms with Crippen LogP contribution in [0.5, 0.6) is 5.75 Å². The molecule has 1 amide bonds. The van der Waals surface area contributed by atoms with Crippen molar-refractivity contribution in [2.45, 2.75) is 25.3 Å². The predicted octanol–water partition coefficient (Wildman–Crippen LogP) is 1.45. The van der Waals surface area contributed by atoms with Gasteiger partial charge in [-0.2, -0.15) is 0 Å². The van der Waals surface area contributed by atoms with E-state index in [0.29, 0.717) is 12.6 Å². The van der Waals surface area contributed by atoms with Crippen molar-refractivity contribution in [1.29, 1.82) is 0 Å². The minimum atomic E-state index is 0.162. The fourth-order valence-corrected chi connectivity index (χ4v) is 1.90. The molecule has 19 heavy (non-hydrogen) atoms. The van der Waals surface area contributed by atoms with Gasteiger partial charge in [0.05, 0.1) is 13.7 Å². The number of carbonyl (C=O) groups excluding carboxylic acids is 1. The van der Waals surface area contributed by atoms with Crippen LogP contribution in [0.4, 0.5) is 0 Å². The van der Waals surface area contributed by atoms with Crippen LogP contribution in [0.25, 0.3) is 0 Å². The Morgan fingerprint density at radius 1 is 1.47 bits per heavy atom. The van der Waals surface area contributed by atoms with Crippen molar-refractivity contribution < 1.29 is 9.53 Å². The quantitative estimate of drug-likeness (QED) is 0.808. The monoisotopic (exact) mass is 262 g/mol. The number of methoxy groups -OCH3 is 1. The van der Waals surface area contributed by atoms with Crippen molar-refractivity contribution in [3.8, 4) is 5.75 Å². The number of hydrogen-bond acceptors (Lipinski definition) is 3. The van der Waals surface area contributed by atoms with Crippen LogP contribution in [0.3, 0.4) is 0 Å². The second-order valence-electron chi connectivity index (χ2n) is 5.07. The SMILES string of the molecule is COc1cccc(CCN(C)C(=O)CNC2CC2)c1. The molecule has 0 radical (unpaired) electrons. The molecule has 0 atom stereocenters. The average molecular weight is 262 g/mol. The fourth-order valence-electron chi connectivity index (χ4n) is 1.90. The lowest BCUT2D eigenvalue weighted by molar-refractivity contribution is -0.128. The third-order valence-electron chi connectivity index (χ3n) is 3.42. The van der Waals surface area contributed by atoms with E-state index in [1.54, 1.807) is 12.0 Å². The maximum absolute atomic E-state index is 11.9. The second kappa shape index (κ2) is 6.57. The summed E-state index contributed by atoms with van der Waals surface area (Å²) >= 11 is 0. The van der Waals surface area contributed by atoms with E-state index in [-0.39, 0.29) is 5.91 Å². The van der Waals surface area contributed by atoms with Gasteiger partial charge in [0.25, 0.3) is 0 Å². The molecule has 4 nitrogen and oxygen atoms in total. The second-order valence-corrected chi connectivity index (χ2v) is 5.07. The Kier molecular flexibility index (Phi) is 4.80. The molecule has 104 valence electrons. The van der Waals surface area contributed by atoms with Crippen LogP contribution in [-0.4, -0.2) is 44.1 Å². The fraction of sp³-hybridized carbons (Fsp3) is 0.533. The van der Waals surface area contributed by atoms with Gasteiger partial charge < -0.3 is 15.0 Å². The first-order valence-corrected chi connectivity index (χ1v) is 6.79. The van der Waals surface area contributed by atoms with Gasteiger partial charge in [0.15, 0.2) is 0 Å². The highest BCUT2D eigenvalue weighted by atomic mass is 16.5. The van der Waals surface area contributed by atoms with E-state index >= 15 is 0 Å². The standard InChI is InChI=1S/C15H22N2O2/c1-17(15(18)11-16-13-6-7-13)9-8-12-4-3-5-14(10-12)19-2/h3-5,10,13,16H,6-9,11H2,1-2H3. The first-order chi connectivity index (χ1) is 9.19. The van der Waals surface area contributed by atoms with E-state index in [0.717, 1.165) is 18.7 Å². The largest absolute Gasteiger partial charge is 0.497 e. The van der Waals surface area contributed by atoms with Gasteiger partial charge in [0.2, 0.25) is 5.91 Å². The Morgan fingerprint density at radius 2 is 2.26 bits per heavy atom. The third-order valence-corrected chi connectivity index (χ3v) is 3.42. The van der Waals surface area contributed by atoms with Gasteiger partial charge in [-0.3, -0.25) is 4.79 Å². The number of ether oxygens (including phenoxy) is 1. The molecule has 0 spiro atoms. The van der Waals surface area contributed by atoms with Gasteiger partial charge in [0.1, 0.15) is 5.75 Å². The van der Waals surface area contributed by atoms with E-state index < -0.39 is 0 Å². The van der Waals surface area contributed by atoms with Crippen molar-refractivity contribution in [3.05, 3.63) is 29.8 Å². The van der Waals surface area contributed by atoms with Gasteiger partial charge in [-0.05, 0) is 37.0 Å². The molecule has 1 N–H and O–H groups in total. The summed E-state index contributed by atoms with van der Waals surface area (Å²) in [7, 11) is 3.52. The summed E-state index contributed by atoms with van der Waals surface area (Å²) in [5.74, 6) is 1.02. The summed E-state index contributed by atoms with van der Waals surface area (Å²) in [5, 5.41) is 3.24. The molecule has 1 aliphatic carbocycles. The topological polar surface area (TPSA) is 41.6 Å². The smallest absolute Gasteiger partial charge is 0.236 e. The summed E-state index contributed by atoms with van der Waals surface area (Å²) < 4.78 is 5.19. The highest BCUT2D eigenvalue weighted by molar-refractivity contribution is 5.78. The van der Waals surface area contributed by atoms with Crippen molar-refractivity contribution in [2.24, 2.45) is 0 Å². The van der Waals surface area contributed by atoms with E-state index in [4.69, 9.17) is 4.74 Å². The molecule has 1 saturated carbocycles. The number of benzene rings is 1. The number of rotatable bonds is 7. The first-order valence-electron chi connectivity index (χ1n) is 6.79. The molecule has 1 fully saturated rings. The molecule has 0 aliphatic heterocycles. The van der Waals surface area contributed by atoms with Gasteiger partial charge in [0, 0.05) is 19.6 Å². The van der Waals surface area contributed by atoms with Crippen LogP contribution in [0.2, 0.25) is 0 Å².